The molecule has 8 heteroatoms. The summed E-state index contributed by atoms with van der Waals surface area (Å²) in [5.41, 5.74) is 0.640. The Morgan fingerprint density at radius 3 is 2.88 bits per heavy atom. The summed E-state index contributed by atoms with van der Waals surface area (Å²) in [6.45, 7) is 1.49. The van der Waals surface area contributed by atoms with Crippen molar-refractivity contribution in [3.63, 3.8) is 0 Å². The first-order valence-corrected chi connectivity index (χ1v) is 7.62. The summed E-state index contributed by atoms with van der Waals surface area (Å²) in [6, 6.07) is 9.03. The summed E-state index contributed by atoms with van der Waals surface area (Å²) in [5.74, 6) is -0.949. The zero-order valence-corrected chi connectivity index (χ0v) is 13.5. The molecule has 1 aromatic carbocycles. The number of aromatic nitrogens is 3. The zero-order chi connectivity index (χ0) is 17.3. The van der Waals surface area contributed by atoms with Crippen LogP contribution in [0.15, 0.2) is 47.4 Å². The number of pyridine rings is 1. The Labute approximate surface area is 141 Å². The molecule has 0 aliphatic rings. The zero-order valence-electron chi connectivity index (χ0n) is 12.7. The second kappa shape index (κ2) is 6.45. The standard InChI is InChI=1S/C16H14ClFN4O2/c1-10(11-5-6-12(17)13(18)8-11)19-15(23)9-22-16(24)21-7-3-2-4-14(21)20-22/h2-8,10H,9H2,1H3,(H,19,23)/t10-/m0/s1. The lowest BCUT2D eigenvalue weighted by molar-refractivity contribution is -0.122. The molecule has 1 atom stereocenters. The molecule has 2 heterocycles. The van der Waals surface area contributed by atoms with E-state index >= 15 is 0 Å². The van der Waals surface area contributed by atoms with Gasteiger partial charge in [-0.05, 0) is 36.8 Å². The van der Waals surface area contributed by atoms with E-state index in [-0.39, 0.29) is 11.6 Å². The van der Waals surface area contributed by atoms with Gasteiger partial charge in [0.2, 0.25) is 5.91 Å². The Bertz CT molecular complexity index is 966. The Morgan fingerprint density at radius 2 is 2.17 bits per heavy atom. The molecule has 0 bridgehead atoms. The SMILES string of the molecule is C[C@H](NC(=O)Cn1nc2ccccn2c1=O)c1ccc(Cl)c(F)c1. The quantitative estimate of drug-likeness (QED) is 0.785. The van der Waals surface area contributed by atoms with E-state index in [1.165, 1.54) is 16.5 Å². The van der Waals surface area contributed by atoms with Gasteiger partial charge in [0.1, 0.15) is 12.4 Å². The van der Waals surface area contributed by atoms with E-state index in [1.807, 2.05) is 0 Å². The first kappa shape index (κ1) is 16.2. The first-order chi connectivity index (χ1) is 11.5. The van der Waals surface area contributed by atoms with Crippen molar-refractivity contribution in [2.75, 3.05) is 0 Å². The number of hydrogen-bond acceptors (Lipinski definition) is 3. The predicted molar refractivity (Wildman–Crippen MR) is 87.4 cm³/mol. The van der Waals surface area contributed by atoms with Crippen molar-refractivity contribution in [3.8, 4) is 0 Å². The maximum Gasteiger partial charge on any atom is 0.350 e. The molecule has 1 amide bonds. The lowest BCUT2D eigenvalue weighted by atomic mass is 10.1. The predicted octanol–water partition coefficient (Wildman–Crippen LogP) is 2.17. The van der Waals surface area contributed by atoms with Crippen LogP contribution in [0.1, 0.15) is 18.5 Å². The molecule has 0 aliphatic carbocycles. The second-order valence-electron chi connectivity index (χ2n) is 5.33. The van der Waals surface area contributed by atoms with Crippen LogP contribution in [0.2, 0.25) is 5.02 Å². The molecule has 0 unspecified atom stereocenters. The second-order valence-corrected chi connectivity index (χ2v) is 5.74. The molecule has 6 nitrogen and oxygen atoms in total. The first-order valence-electron chi connectivity index (χ1n) is 7.24. The van der Waals surface area contributed by atoms with Gasteiger partial charge in [-0.1, -0.05) is 23.7 Å². The molecule has 0 radical (unpaired) electrons. The Morgan fingerprint density at radius 1 is 1.38 bits per heavy atom. The highest BCUT2D eigenvalue weighted by molar-refractivity contribution is 6.30. The average molecular weight is 349 g/mol. The largest absolute Gasteiger partial charge is 0.350 e. The van der Waals surface area contributed by atoms with Crippen molar-refractivity contribution in [2.24, 2.45) is 0 Å². The minimum Gasteiger partial charge on any atom is -0.348 e. The van der Waals surface area contributed by atoms with Gasteiger partial charge in [-0.3, -0.25) is 9.20 Å². The van der Waals surface area contributed by atoms with Crippen LogP contribution in [-0.2, 0) is 11.3 Å². The van der Waals surface area contributed by atoms with Gasteiger partial charge in [-0.2, -0.15) is 0 Å². The molecule has 24 heavy (non-hydrogen) atoms. The van der Waals surface area contributed by atoms with Crippen LogP contribution in [0.5, 0.6) is 0 Å². The average Bonchev–Trinajstić information content (AvgIpc) is 2.86. The van der Waals surface area contributed by atoms with E-state index in [0.717, 1.165) is 4.68 Å². The number of carbonyl (C=O) groups is 1. The molecule has 124 valence electrons. The van der Waals surface area contributed by atoms with Gasteiger partial charge in [0.05, 0.1) is 11.1 Å². The normalized spacial score (nSPS) is 12.3. The molecular formula is C16H14ClFN4O2. The smallest absolute Gasteiger partial charge is 0.348 e. The van der Waals surface area contributed by atoms with E-state index in [9.17, 15) is 14.0 Å². The van der Waals surface area contributed by atoms with Crippen LogP contribution in [0.4, 0.5) is 4.39 Å². The minimum absolute atomic E-state index is 0.0218. The molecule has 2 aromatic heterocycles. The monoisotopic (exact) mass is 348 g/mol. The Kier molecular flexibility index (Phi) is 4.35. The van der Waals surface area contributed by atoms with E-state index in [4.69, 9.17) is 11.6 Å². The number of hydrogen-bond donors (Lipinski definition) is 1. The van der Waals surface area contributed by atoms with Crippen LogP contribution >= 0.6 is 11.6 Å². The molecule has 3 aromatic rings. The number of nitrogens with zero attached hydrogens (tertiary/aromatic N) is 3. The van der Waals surface area contributed by atoms with Crippen LogP contribution in [0, 0.1) is 5.82 Å². The van der Waals surface area contributed by atoms with Crippen LogP contribution in [0.25, 0.3) is 5.65 Å². The van der Waals surface area contributed by atoms with Crippen molar-refractivity contribution in [3.05, 3.63) is 69.5 Å². The number of benzene rings is 1. The Balaban J connectivity index is 1.73. The lowest BCUT2D eigenvalue weighted by Crippen LogP contribution is -2.34. The maximum absolute atomic E-state index is 13.5. The summed E-state index contributed by atoms with van der Waals surface area (Å²) in [7, 11) is 0. The minimum atomic E-state index is -0.549. The molecule has 3 rings (SSSR count). The van der Waals surface area contributed by atoms with Crippen molar-refractivity contribution >= 4 is 23.2 Å². The summed E-state index contributed by atoms with van der Waals surface area (Å²) in [5, 5.41) is 6.81. The van der Waals surface area contributed by atoms with Crippen LogP contribution in [0.3, 0.4) is 0 Å². The fourth-order valence-electron chi connectivity index (χ4n) is 2.36. The number of rotatable bonds is 4. The van der Waals surface area contributed by atoms with Gasteiger partial charge >= 0.3 is 5.69 Å². The molecule has 0 saturated carbocycles. The van der Waals surface area contributed by atoms with Gasteiger partial charge in [-0.25, -0.2) is 13.9 Å². The lowest BCUT2D eigenvalue weighted by Gasteiger charge is -2.14. The third-order valence-electron chi connectivity index (χ3n) is 3.60. The molecule has 0 saturated heterocycles. The number of fused-ring (bicyclic) bond motifs is 1. The molecule has 1 N–H and O–H groups in total. The third-order valence-corrected chi connectivity index (χ3v) is 3.91. The summed E-state index contributed by atoms with van der Waals surface area (Å²) < 4.78 is 15.9. The number of nitrogens with one attached hydrogen (secondary N) is 1. The molecule has 0 fully saturated rings. The van der Waals surface area contributed by atoms with Crippen LogP contribution < -0.4 is 11.0 Å². The molecular weight excluding hydrogens is 335 g/mol. The highest BCUT2D eigenvalue weighted by atomic mass is 35.5. The van der Waals surface area contributed by atoms with E-state index < -0.39 is 23.5 Å². The maximum atomic E-state index is 13.5. The van der Waals surface area contributed by atoms with Crippen molar-refractivity contribution < 1.29 is 9.18 Å². The summed E-state index contributed by atoms with van der Waals surface area (Å²) >= 11 is 5.64. The highest BCUT2D eigenvalue weighted by Gasteiger charge is 2.14. The van der Waals surface area contributed by atoms with Gasteiger partial charge in [0.15, 0.2) is 5.65 Å². The van der Waals surface area contributed by atoms with Gasteiger partial charge in [-0.15, -0.1) is 5.10 Å². The molecule has 0 spiro atoms. The van der Waals surface area contributed by atoms with E-state index in [0.29, 0.717) is 11.2 Å². The fraction of sp³-hybridized carbons (Fsp3) is 0.188. The Hall–Kier alpha value is -2.67. The highest BCUT2D eigenvalue weighted by Crippen LogP contribution is 2.20. The topological polar surface area (TPSA) is 68.4 Å². The number of carbonyl (C=O) groups excluding carboxylic acids is 1. The molecule has 0 aliphatic heterocycles. The van der Waals surface area contributed by atoms with Gasteiger partial charge < -0.3 is 5.32 Å². The fourth-order valence-corrected chi connectivity index (χ4v) is 2.48. The van der Waals surface area contributed by atoms with E-state index in [1.54, 1.807) is 37.4 Å². The third kappa shape index (κ3) is 3.16. The van der Waals surface area contributed by atoms with Gasteiger partial charge in [0.25, 0.3) is 0 Å². The van der Waals surface area contributed by atoms with Crippen molar-refractivity contribution in [2.45, 2.75) is 19.5 Å². The van der Waals surface area contributed by atoms with Crippen molar-refractivity contribution in [1.82, 2.24) is 19.5 Å². The van der Waals surface area contributed by atoms with Crippen molar-refractivity contribution in [1.29, 1.82) is 0 Å². The number of amides is 1. The number of halogens is 2. The van der Waals surface area contributed by atoms with E-state index in [2.05, 4.69) is 10.4 Å². The summed E-state index contributed by atoms with van der Waals surface area (Å²) in [6.07, 6.45) is 1.58. The van der Waals surface area contributed by atoms with Crippen LogP contribution in [-0.4, -0.2) is 20.1 Å². The summed E-state index contributed by atoms with van der Waals surface area (Å²) in [4.78, 5) is 24.3. The van der Waals surface area contributed by atoms with Gasteiger partial charge in [0, 0.05) is 6.20 Å².